The van der Waals surface area contributed by atoms with Crippen molar-refractivity contribution in [3.8, 4) is 5.75 Å². The zero-order valence-electron chi connectivity index (χ0n) is 21.7. The summed E-state index contributed by atoms with van der Waals surface area (Å²) in [6, 6.07) is 12.6. The summed E-state index contributed by atoms with van der Waals surface area (Å²) in [7, 11) is 1.62. The van der Waals surface area contributed by atoms with Crippen LogP contribution in [0.15, 0.2) is 46.9 Å². The minimum absolute atomic E-state index is 0.223. The van der Waals surface area contributed by atoms with Gasteiger partial charge in [-0.25, -0.2) is 4.39 Å². The van der Waals surface area contributed by atoms with Crippen LogP contribution in [0.4, 0.5) is 4.39 Å². The SMILES string of the molecule is COc1ccc(Cn2nnc([C@@H](Cc3ccc(Br)c(F)c3)[C@H](CC(C)C)C(=O)OC(C)(C)C)n2)cc1. The number of hydrogen-bond donors (Lipinski definition) is 0. The molecule has 0 unspecified atom stereocenters. The van der Waals surface area contributed by atoms with Crippen molar-refractivity contribution >= 4 is 21.9 Å². The van der Waals surface area contributed by atoms with E-state index in [0.717, 1.165) is 16.9 Å². The smallest absolute Gasteiger partial charge is 0.310 e. The van der Waals surface area contributed by atoms with Gasteiger partial charge >= 0.3 is 5.97 Å². The maximum Gasteiger partial charge on any atom is 0.310 e. The Labute approximate surface area is 220 Å². The number of ether oxygens (including phenoxy) is 2. The van der Waals surface area contributed by atoms with Crippen molar-refractivity contribution in [2.24, 2.45) is 11.8 Å². The summed E-state index contributed by atoms with van der Waals surface area (Å²) in [5.41, 5.74) is 1.08. The van der Waals surface area contributed by atoms with Crippen LogP contribution in [0, 0.1) is 17.7 Å². The fourth-order valence-electron chi connectivity index (χ4n) is 4.01. The van der Waals surface area contributed by atoms with Gasteiger partial charge in [-0.05, 0) is 96.1 Å². The molecule has 0 aliphatic carbocycles. The molecule has 2 atom stereocenters. The molecule has 2 aromatic carbocycles. The average Bonchev–Trinajstić information content (AvgIpc) is 3.26. The highest BCUT2D eigenvalue weighted by atomic mass is 79.9. The summed E-state index contributed by atoms with van der Waals surface area (Å²) in [5, 5.41) is 13.2. The summed E-state index contributed by atoms with van der Waals surface area (Å²) in [6.07, 6.45) is 0.945. The van der Waals surface area contributed by atoms with Gasteiger partial charge in [0.2, 0.25) is 0 Å². The first-order valence-corrected chi connectivity index (χ1v) is 12.8. The van der Waals surface area contributed by atoms with E-state index in [-0.39, 0.29) is 17.7 Å². The van der Waals surface area contributed by atoms with E-state index in [1.165, 1.54) is 10.9 Å². The molecule has 0 spiro atoms. The lowest BCUT2D eigenvalue weighted by atomic mass is 9.81. The number of carbonyl (C=O) groups is 1. The third-order valence-corrected chi connectivity index (χ3v) is 6.29. The van der Waals surface area contributed by atoms with Crippen LogP contribution >= 0.6 is 15.9 Å². The number of halogens is 2. The Morgan fingerprint density at radius 2 is 1.78 bits per heavy atom. The number of hydrogen-bond acceptors (Lipinski definition) is 6. The van der Waals surface area contributed by atoms with Gasteiger partial charge in [-0.15, -0.1) is 10.2 Å². The van der Waals surface area contributed by atoms with Gasteiger partial charge in [0, 0.05) is 5.92 Å². The molecule has 0 fully saturated rings. The van der Waals surface area contributed by atoms with Crippen molar-refractivity contribution in [1.29, 1.82) is 0 Å². The molecule has 9 heteroatoms. The van der Waals surface area contributed by atoms with E-state index in [1.807, 2.05) is 51.1 Å². The monoisotopic (exact) mass is 560 g/mol. The third kappa shape index (κ3) is 7.85. The lowest BCUT2D eigenvalue weighted by Gasteiger charge is -2.29. The highest BCUT2D eigenvalue weighted by Gasteiger charge is 2.36. The summed E-state index contributed by atoms with van der Waals surface area (Å²) in [4.78, 5) is 14.9. The van der Waals surface area contributed by atoms with E-state index >= 15 is 0 Å². The first kappa shape index (κ1) is 27.8. The van der Waals surface area contributed by atoms with Crippen molar-refractivity contribution < 1.29 is 18.7 Å². The van der Waals surface area contributed by atoms with Crippen molar-refractivity contribution in [2.75, 3.05) is 7.11 Å². The predicted octanol–water partition coefficient (Wildman–Crippen LogP) is 5.96. The average molecular weight is 561 g/mol. The lowest BCUT2D eigenvalue weighted by molar-refractivity contribution is -0.161. The molecular weight excluding hydrogens is 527 g/mol. The molecule has 0 saturated heterocycles. The van der Waals surface area contributed by atoms with Crippen LogP contribution in [0.1, 0.15) is 63.9 Å². The minimum Gasteiger partial charge on any atom is -0.497 e. The van der Waals surface area contributed by atoms with E-state index in [2.05, 4.69) is 45.2 Å². The number of tetrazole rings is 1. The van der Waals surface area contributed by atoms with Gasteiger partial charge in [-0.1, -0.05) is 32.0 Å². The molecule has 0 saturated carbocycles. The van der Waals surface area contributed by atoms with Crippen molar-refractivity contribution in [1.82, 2.24) is 20.2 Å². The van der Waals surface area contributed by atoms with E-state index in [9.17, 15) is 9.18 Å². The lowest BCUT2D eigenvalue weighted by Crippen LogP contribution is -2.34. The molecule has 3 aromatic rings. The summed E-state index contributed by atoms with van der Waals surface area (Å²) < 4.78 is 25.7. The zero-order valence-corrected chi connectivity index (χ0v) is 23.3. The molecule has 194 valence electrons. The Balaban J connectivity index is 1.96. The quantitative estimate of drug-likeness (QED) is 0.284. The molecule has 0 amide bonds. The number of carbonyl (C=O) groups excluding carboxylic acids is 1. The number of aromatic nitrogens is 4. The third-order valence-electron chi connectivity index (χ3n) is 5.64. The van der Waals surface area contributed by atoms with Crippen molar-refractivity contribution in [2.45, 2.75) is 65.5 Å². The van der Waals surface area contributed by atoms with Gasteiger partial charge in [-0.3, -0.25) is 4.79 Å². The van der Waals surface area contributed by atoms with E-state index in [0.29, 0.717) is 29.7 Å². The Kier molecular flexibility index (Phi) is 9.22. The largest absolute Gasteiger partial charge is 0.497 e. The Morgan fingerprint density at radius 3 is 2.36 bits per heavy atom. The fourth-order valence-corrected chi connectivity index (χ4v) is 4.26. The van der Waals surface area contributed by atoms with Gasteiger partial charge in [0.1, 0.15) is 17.2 Å². The van der Waals surface area contributed by atoms with Gasteiger partial charge < -0.3 is 9.47 Å². The second-order valence-electron chi connectivity index (χ2n) is 10.4. The normalized spacial score (nSPS) is 13.5. The van der Waals surface area contributed by atoms with Gasteiger partial charge in [0.05, 0.1) is 24.0 Å². The van der Waals surface area contributed by atoms with Crippen LogP contribution in [-0.2, 0) is 22.5 Å². The van der Waals surface area contributed by atoms with Gasteiger partial charge in [0.15, 0.2) is 5.82 Å². The van der Waals surface area contributed by atoms with E-state index in [1.54, 1.807) is 13.2 Å². The van der Waals surface area contributed by atoms with Gasteiger partial charge in [-0.2, -0.15) is 4.80 Å². The van der Waals surface area contributed by atoms with Crippen LogP contribution in [0.3, 0.4) is 0 Å². The molecule has 0 bridgehead atoms. The fraction of sp³-hybridized carbons (Fsp3) is 0.481. The highest BCUT2D eigenvalue weighted by molar-refractivity contribution is 9.10. The molecular formula is C27H34BrFN4O3. The molecule has 1 aromatic heterocycles. The van der Waals surface area contributed by atoms with Crippen molar-refractivity contribution in [3.63, 3.8) is 0 Å². The predicted molar refractivity (Wildman–Crippen MR) is 139 cm³/mol. The first-order chi connectivity index (χ1) is 16.9. The maximum absolute atomic E-state index is 14.3. The Hall–Kier alpha value is -2.81. The maximum atomic E-state index is 14.3. The van der Waals surface area contributed by atoms with E-state index < -0.39 is 17.4 Å². The molecule has 0 aliphatic rings. The standard InChI is InChI=1S/C27H34BrFN4O3/c1-17(2)13-22(26(34)36-27(3,4)5)21(14-19-9-12-23(28)24(29)15-19)25-30-32-33(31-25)16-18-7-10-20(35-6)11-8-18/h7-12,15,17,21-22H,13-14,16H2,1-6H3/t21-,22-/m0/s1. The number of benzene rings is 2. The molecule has 7 nitrogen and oxygen atoms in total. The summed E-state index contributed by atoms with van der Waals surface area (Å²) >= 11 is 3.21. The number of rotatable bonds is 10. The minimum atomic E-state index is -0.639. The number of methoxy groups -OCH3 is 1. The summed E-state index contributed by atoms with van der Waals surface area (Å²) in [6.45, 7) is 10.1. The second-order valence-corrected chi connectivity index (χ2v) is 11.2. The Morgan fingerprint density at radius 1 is 1.11 bits per heavy atom. The number of nitrogens with zero attached hydrogens (tertiary/aromatic N) is 4. The molecule has 36 heavy (non-hydrogen) atoms. The van der Waals surface area contributed by atoms with Crippen LogP contribution < -0.4 is 4.74 Å². The van der Waals surface area contributed by atoms with Gasteiger partial charge in [0.25, 0.3) is 0 Å². The zero-order chi connectivity index (χ0) is 26.5. The van der Waals surface area contributed by atoms with Crippen LogP contribution in [0.5, 0.6) is 5.75 Å². The van der Waals surface area contributed by atoms with Crippen molar-refractivity contribution in [3.05, 3.63) is 69.7 Å². The molecule has 0 aliphatic heterocycles. The van der Waals surface area contributed by atoms with Crippen LogP contribution in [-0.4, -0.2) is 38.9 Å². The van der Waals surface area contributed by atoms with Crippen LogP contribution in [0.2, 0.25) is 0 Å². The van der Waals surface area contributed by atoms with Crippen LogP contribution in [0.25, 0.3) is 0 Å². The topological polar surface area (TPSA) is 79.1 Å². The molecule has 1 heterocycles. The first-order valence-electron chi connectivity index (χ1n) is 12.0. The Bertz CT molecular complexity index is 1160. The summed E-state index contributed by atoms with van der Waals surface area (Å²) in [5.74, 6) is -0.210. The number of esters is 1. The molecule has 3 rings (SSSR count). The highest BCUT2D eigenvalue weighted by Crippen LogP contribution is 2.34. The van der Waals surface area contributed by atoms with E-state index in [4.69, 9.17) is 9.47 Å². The molecule has 0 radical (unpaired) electrons. The second kappa shape index (κ2) is 12.0. The molecule has 0 N–H and O–H groups in total.